The number of carbonyl (C=O) groups excluding carboxylic acids is 1. The highest BCUT2D eigenvalue weighted by Gasteiger charge is 2.38. The number of hydrogen-bond donors (Lipinski definition) is 1. The number of methoxy groups -OCH3 is 1. The topological polar surface area (TPSA) is 43.2 Å². The third-order valence-electron chi connectivity index (χ3n) is 6.21. The number of fused-ring (bicyclic) bond motifs is 2. The lowest BCUT2D eigenvalue weighted by molar-refractivity contribution is -0.907. The monoisotopic (exact) mass is 357 g/mol. The first-order valence-electron chi connectivity index (χ1n) is 9.78. The second-order valence-electron chi connectivity index (χ2n) is 7.84. The van der Waals surface area contributed by atoms with E-state index in [-0.39, 0.29) is 12.5 Å². The molecular formula is C21H29N2O3+. The minimum atomic E-state index is 0.0859. The molecule has 1 heterocycles. The molecule has 3 atom stereocenters. The highest BCUT2D eigenvalue weighted by molar-refractivity contribution is 5.77. The van der Waals surface area contributed by atoms with E-state index >= 15 is 0 Å². The van der Waals surface area contributed by atoms with Crippen LogP contribution in [0.15, 0.2) is 36.4 Å². The van der Waals surface area contributed by atoms with E-state index in [9.17, 15) is 4.79 Å². The van der Waals surface area contributed by atoms with E-state index in [1.807, 2.05) is 29.2 Å². The summed E-state index contributed by atoms with van der Waals surface area (Å²) in [4.78, 5) is 16.0. The summed E-state index contributed by atoms with van der Waals surface area (Å²) in [5, 5.41) is 0. The molecule has 1 aromatic rings. The number of amides is 1. The quantitative estimate of drug-likeness (QED) is 0.773. The SMILES string of the molecule is COc1ccc(OCC(=O)N2CC[NH+](C[C@@H]3C[C@@H]4C=C[C@H]3C4)CC2)cc1. The largest absolute Gasteiger partial charge is 0.497 e. The number of nitrogens with zero attached hydrogens (tertiary/aromatic N) is 1. The van der Waals surface area contributed by atoms with Crippen LogP contribution < -0.4 is 14.4 Å². The Balaban J connectivity index is 1.19. The molecule has 5 heteroatoms. The van der Waals surface area contributed by atoms with E-state index in [1.54, 1.807) is 12.0 Å². The number of allylic oxidation sites excluding steroid dienone is 2. The molecule has 2 fully saturated rings. The highest BCUT2D eigenvalue weighted by Crippen LogP contribution is 2.42. The number of piperazine rings is 1. The van der Waals surface area contributed by atoms with Crippen LogP contribution in [0.25, 0.3) is 0 Å². The predicted octanol–water partition coefficient (Wildman–Crippen LogP) is 1.01. The number of hydrogen-bond acceptors (Lipinski definition) is 3. The molecule has 1 saturated carbocycles. The minimum absolute atomic E-state index is 0.0859. The smallest absolute Gasteiger partial charge is 0.260 e. The van der Waals surface area contributed by atoms with Gasteiger partial charge in [-0.2, -0.15) is 0 Å². The van der Waals surface area contributed by atoms with Crippen molar-refractivity contribution in [1.82, 2.24) is 4.90 Å². The Kier molecular flexibility index (Phi) is 5.16. The zero-order valence-corrected chi connectivity index (χ0v) is 15.5. The maximum Gasteiger partial charge on any atom is 0.260 e. The van der Waals surface area contributed by atoms with E-state index in [4.69, 9.17) is 9.47 Å². The van der Waals surface area contributed by atoms with E-state index < -0.39 is 0 Å². The van der Waals surface area contributed by atoms with Crippen molar-refractivity contribution < 1.29 is 19.2 Å². The zero-order valence-electron chi connectivity index (χ0n) is 15.5. The van der Waals surface area contributed by atoms with Gasteiger partial charge in [0.15, 0.2) is 6.61 Å². The molecule has 140 valence electrons. The van der Waals surface area contributed by atoms with Gasteiger partial charge < -0.3 is 19.3 Å². The molecule has 1 amide bonds. The molecule has 1 aromatic carbocycles. The van der Waals surface area contributed by atoms with Gasteiger partial charge in [0.1, 0.15) is 11.5 Å². The molecule has 0 unspecified atom stereocenters. The first kappa shape index (κ1) is 17.4. The summed E-state index contributed by atoms with van der Waals surface area (Å²) >= 11 is 0. The third-order valence-corrected chi connectivity index (χ3v) is 6.21. The summed E-state index contributed by atoms with van der Waals surface area (Å²) in [6.07, 6.45) is 7.61. The number of benzene rings is 1. The molecule has 4 rings (SSSR count). The molecule has 26 heavy (non-hydrogen) atoms. The fraction of sp³-hybridized carbons (Fsp3) is 0.571. The Labute approximate surface area is 155 Å². The molecule has 2 aliphatic carbocycles. The number of carbonyl (C=O) groups is 1. The van der Waals surface area contributed by atoms with E-state index in [2.05, 4.69) is 12.2 Å². The Hall–Kier alpha value is -2.01. The van der Waals surface area contributed by atoms with E-state index in [0.717, 1.165) is 49.7 Å². The maximum absolute atomic E-state index is 12.4. The van der Waals surface area contributed by atoms with Gasteiger partial charge in [0, 0.05) is 5.92 Å². The summed E-state index contributed by atoms with van der Waals surface area (Å²) in [7, 11) is 1.63. The number of rotatable bonds is 6. The van der Waals surface area contributed by atoms with Crippen LogP contribution in [0.3, 0.4) is 0 Å². The predicted molar refractivity (Wildman–Crippen MR) is 99.5 cm³/mol. The lowest BCUT2D eigenvalue weighted by Gasteiger charge is -2.34. The first-order valence-corrected chi connectivity index (χ1v) is 9.78. The van der Waals surface area contributed by atoms with Gasteiger partial charge in [0.2, 0.25) is 0 Å². The van der Waals surface area contributed by atoms with Gasteiger partial charge in [-0.15, -0.1) is 0 Å². The normalized spacial score (nSPS) is 27.7. The molecular weight excluding hydrogens is 328 g/mol. The van der Waals surface area contributed by atoms with Gasteiger partial charge in [-0.05, 0) is 48.9 Å². The average molecular weight is 357 g/mol. The summed E-state index contributed by atoms with van der Waals surface area (Å²) in [6, 6.07) is 7.34. The number of quaternary nitrogens is 1. The van der Waals surface area contributed by atoms with Crippen LogP contribution in [0, 0.1) is 17.8 Å². The summed E-state index contributed by atoms with van der Waals surface area (Å²) in [6.45, 7) is 5.19. The van der Waals surface area contributed by atoms with Crippen molar-refractivity contribution in [1.29, 1.82) is 0 Å². The molecule has 0 spiro atoms. The van der Waals surface area contributed by atoms with Crippen molar-refractivity contribution >= 4 is 5.91 Å². The standard InChI is InChI=1S/C21H28N2O3/c1-25-19-4-6-20(7-5-19)26-15-21(24)23-10-8-22(9-11-23)14-18-13-16-2-3-17(18)12-16/h2-7,16-18H,8-15H2,1H3/p+1/t16-,17+,18+/m1/s1. The average Bonchev–Trinajstić information content (AvgIpc) is 3.30. The maximum atomic E-state index is 12.4. The molecule has 2 bridgehead atoms. The minimum Gasteiger partial charge on any atom is -0.497 e. The van der Waals surface area contributed by atoms with Crippen molar-refractivity contribution in [2.45, 2.75) is 12.8 Å². The van der Waals surface area contributed by atoms with Crippen LogP contribution in [0.2, 0.25) is 0 Å². The Morgan fingerprint density at radius 3 is 2.46 bits per heavy atom. The first-order chi connectivity index (χ1) is 12.7. The van der Waals surface area contributed by atoms with Gasteiger partial charge in [-0.1, -0.05) is 12.2 Å². The van der Waals surface area contributed by atoms with Crippen LogP contribution in [0.4, 0.5) is 0 Å². The third kappa shape index (κ3) is 3.88. The number of ether oxygens (including phenoxy) is 2. The van der Waals surface area contributed by atoms with Crippen LogP contribution in [0.1, 0.15) is 12.8 Å². The van der Waals surface area contributed by atoms with Gasteiger partial charge in [0.25, 0.3) is 5.91 Å². The molecule has 5 nitrogen and oxygen atoms in total. The molecule has 0 aromatic heterocycles. The zero-order chi connectivity index (χ0) is 17.9. The van der Waals surface area contributed by atoms with Crippen LogP contribution >= 0.6 is 0 Å². The van der Waals surface area contributed by atoms with Crippen molar-refractivity contribution in [3.63, 3.8) is 0 Å². The number of nitrogens with one attached hydrogen (secondary N) is 1. The molecule has 3 aliphatic rings. The van der Waals surface area contributed by atoms with E-state index in [0.29, 0.717) is 5.75 Å². The highest BCUT2D eigenvalue weighted by atomic mass is 16.5. The van der Waals surface area contributed by atoms with Gasteiger partial charge in [-0.3, -0.25) is 4.79 Å². The fourth-order valence-electron chi connectivity index (χ4n) is 4.68. The van der Waals surface area contributed by atoms with Crippen molar-refractivity contribution in [3.05, 3.63) is 36.4 Å². The summed E-state index contributed by atoms with van der Waals surface area (Å²) < 4.78 is 10.8. The molecule has 1 saturated heterocycles. The van der Waals surface area contributed by atoms with Crippen LogP contribution in [0.5, 0.6) is 11.5 Å². The summed E-state index contributed by atoms with van der Waals surface area (Å²) in [5.74, 6) is 4.11. The van der Waals surface area contributed by atoms with E-state index in [1.165, 1.54) is 19.4 Å². The van der Waals surface area contributed by atoms with Gasteiger partial charge >= 0.3 is 0 Å². The molecule has 0 radical (unpaired) electrons. The van der Waals surface area contributed by atoms with Crippen molar-refractivity contribution in [3.8, 4) is 11.5 Å². The van der Waals surface area contributed by atoms with Crippen molar-refractivity contribution in [2.75, 3.05) is 46.4 Å². The Morgan fingerprint density at radius 2 is 1.85 bits per heavy atom. The lowest BCUT2D eigenvalue weighted by Crippen LogP contribution is -3.15. The van der Waals surface area contributed by atoms with Gasteiger partial charge in [-0.25, -0.2) is 0 Å². The molecule has 1 N–H and O–H groups in total. The van der Waals surface area contributed by atoms with Crippen molar-refractivity contribution in [2.24, 2.45) is 17.8 Å². The Morgan fingerprint density at radius 1 is 1.12 bits per heavy atom. The van der Waals surface area contributed by atoms with Crippen LogP contribution in [-0.4, -0.2) is 57.2 Å². The lowest BCUT2D eigenvalue weighted by atomic mass is 9.93. The second-order valence-corrected chi connectivity index (χ2v) is 7.84. The van der Waals surface area contributed by atoms with Gasteiger partial charge in [0.05, 0.1) is 39.8 Å². The summed E-state index contributed by atoms with van der Waals surface area (Å²) in [5.41, 5.74) is 0. The second kappa shape index (κ2) is 7.70. The van der Waals surface area contributed by atoms with Crippen LogP contribution in [-0.2, 0) is 4.79 Å². The fourth-order valence-corrected chi connectivity index (χ4v) is 4.68. The Bertz CT molecular complexity index is 650. The molecule has 1 aliphatic heterocycles.